The van der Waals surface area contributed by atoms with Crippen LogP contribution in [0.4, 0.5) is 4.39 Å². The highest BCUT2D eigenvalue weighted by Crippen LogP contribution is 2.29. The topological polar surface area (TPSA) is 35.9 Å². The third kappa shape index (κ3) is 4.78. The molecule has 0 aromatic heterocycles. The van der Waals surface area contributed by atoms with Gasteiger partial charge in [-0.2, -0.15) is 0 Å². The highest BCUT2D eigenvalue weighted by Gasteiger charge is 2.34. The van der Waals surface area contributed by atoms with Crippen LogP contribution in [0.25, 0.3) is 0 Å². The summed E-state index contributed by atoms with van der Waals surface area (Å²) in [4.78, 5) is 21.3. The van der Waals surface area contributed by atoms with Gasteiger partial charge in [-0.3, -0.25) is 9.79 Å². The number of halogens is 1. The van der Waals surface area contributed by atoms with E-state index in [9.17, 15) is 9.18 Å². The number of rotatable bonds is 4. The molecular formula is C20H28FN3OS. The molecule has 1 aliphatic heterocycles. The average molecular weight is 378 g/mol. The highest BCUT2D eigenvalue weighted by atomic mass is 32.2. The highest BCUT2D eigenvalue weighted by molar-refractivity contribution is 8.14. The van der Waals surface area contributed by atoms with E-state index in [4.69, 9.17) is 4.99 Å². The first kappa shape index (κ1) is 19.2. The van der Waals surface area contributed by atoms with Crippen molar-refractivity contribution in [2.75, 3.05) is 12.8 Å². The minimum atomic E-state index is -0.255. The van der Waals surface area contributed by atoms with E-state index in [0.29, 0.717) is 12.6 Å². The number of amidine groups is 1. The van der Waals surface area contributed by atoms with Gasteiger partial charge in [-0.1, -0.05) is 49.6 Å². The van der Waals surface area contributed by atoms with Crippen LogP contribution < -0.4 is 0 Å². The number of amides is 1. The van der Waals surface area contributed by atoms with E-state index in [1.54, 1.807) is 30.8 Å². The first-order valence-corrected chi connectivity index (χ1v) is 10.5. The molecular weight excluding hydrogens is 349 g/mol. The van der Waals surface area contributed by atoms with Gasteiger partial charge >= 0.3 is 0 Å². The predicted molar refractivity (Wildman–Crippen MR) is 106 cm³/mol. The van der Waals surface area contributed by atoms with E-state index >= 15 is 0 Å². The molecule has 142 valence electrons. The summed E-state index contributed by atoms with van der Waals surface area (Å²) in [6.45, 7) is 2.09. The fourth-order valence-electron chi connectivity index (χ4n) is 3.67. The molecule has 0 radical (unpaired) electrons. The number of hydrogen-bond donors (Lipinski definition) is 0. The zero-order valence-electron chi connectivity index (χ0n) is 15.7. The summed E-state index contributed by atoms with van der Waals surface area (Å²) in [6, 6.07) is 6.80. The molecule has 2 fully saturated rings. The Hall–Kier alpha value is -1.56. The molecule has 0 spiro atoms. The van der Waals surface area contributed by atoms with Gasteiger partial charge < -0.3 is 9.80 Å². The van der Waals surface area contributed by atoms with Crippen molar-refractivity contribution in [3.05, 3.63) is 35.6 Å². The largest absolute Gasteiger partial charge is 0.333 e. The summed E-state index contributed by atoms with van der Waals surface area (Å²) < 4.78 is 13.1. The quantitative estimate of drug-likeness (QED) is 0.736. The summed E-state index contributed by atoms with van der Waals surface area (Å²) >= 11 is 1.74. The second-order valence-corrected chi connectivity index (χ2v) is 8.22. The van der Waals surface area contributed by atoms with E-state index in [2.05, 4.69) is 4.90 Å². The fourth-order valence-corrected chi connectivity index (χ4v) is 4.92. The van der Waals surface area contributed by atoms with Gasteiger partial charge in [0.25, 0.3) is 0 Å². The SMILES string of the molecule is CC(=O)N(Cc1ccc(F)cc1)C1CSC(=NC2CCCCCC2)N1C. The summed E-state index contributed by atoms with van der Waals surface area (Å²) in [5, 5.41) is 1.05. The molecule has 1 heterocycles. The maximum absolute atomic E-state index is 13.1. The van der Waals surface area contributed by atoms with Gasteiger partial charge in [-0.15, -0.1) is 0 Å². The third-order valence-corrected chi connectivity index (χ3v) is 6.37. The van der Waals surface area contributed by atoms with Gasteiger partial charge in [-0.25, -0.2) is 4.39 Å². The Morgan fingerprint density at radius 1 is 1.23 bits per heavy atom. The van der Waals surface area contributed by atoms with Crippen molar-refractivity contribution >= 4 is 22.8 Å². The predicted octanol–water partition coefficient (Wildman–Crippen LogP) is 4.26. The van der Waals surface area contributed by atoms with Crippen molar-refractivity contribution in [2.45, 2.75) is 64.2 Å². The van der Waals surface area contributed by atoms with Crippen LogP contribution in [0.1, 0.15) is 51.0 Å². The van der Waals surface area contributed by atoms with Gasteiger partial charge in [0.2, 0.25) is 5.91 Å². The Labute approximate surface area is 159 Å². The van der Waals surface area contributed by atoms with E-state index < -0.39 is 0 Å². The molecule has 1 amide bonds. The molecule has 1 unspecified atom stereocenters. The van der Waals surface area contributed by atoms with Crippen molar-refractivity contribution in [1.82, 2.24) is 9.80 Å². The molecule has 1 aromatic carbocycles. The first-order valence-electron chi connectivity index (χ1n) is 9.49. The summed E-state index contributed by atoms with van der Waals surface area (Å²) in [6.07, 6.45) is 7.52. The van der Waals surface area contributed by atoms with Crippen LogP contribution in [-0.4, -0.2) is 45.9 Å². The summed E-state index contributed by atoms with van der Waals surface area (Å²) in [7, 11) is 2.03. The number of thioether (sulfide) groups is 1. The molecule has 1 atom stereocenters. The molecule has 4 nitrogen and oxygen atoms in total. The molecule has 1 aliphatic carbocycles. The van der Waals surface area contributed by atoms with Gasteiger partial charge in [0.1, 0.15) is 12.0 Å². The molecule has 0 bridgehead atoms. The van der Waals surface area contributed by atoms with E-state index in [1.165, 1.54) is 50.7 Å². The number of aliphatic imine (C=N–C) groups is 1. The van der Waals surface area contributed by atoms with E-state index in [1.807, 2.05) is 11.9 Å². The Morgan fingerprint density at radius 2 is 1.88 bits per heavy atom. The third-order valence-electron chi connectivity index (χ3n) is 5.26. The van der Waals surface area contributed by atoms with Crippen LogP contribution in [0.15, 0.2) is 29.3 Å². The lowest BCUT2D eigenvalue weighted by molar-refractivity contribution is -0.133. The molecule has 1 aromatic rings. The van der Waals surface area contributed by atoms with Gasteiger partial charge in [-0.05, 0) is 30.5 Å². The Morgan fingerprint density at radius 3 is 2.50 bits per heavy atom. The molecule has 1 saturated carbocycles. The second kappa shape index (κ2) is 8.89. The van der Waals surface area contributed by atoms with Gasteiger partial charge in [0.15, 0.2) is 5.17 Å². The lowest BCUT2D eigenvalue weighted by Crippen LogP contribution is -2.47. The molecule has 6 heteroatoms. The Bertz CT molecular complexity index is 641. The van der Waals surface area contributed by atoms with Crippen molar-refractivity contribution in [3.63, 3.8) is 0 Å². The smallest absolute Gasteiger partial charge is 0.221 e. The molecule has 3 rings (SSSR count). The van der Waals surface area contributed by atoms with Crippen molar-refractivity contribution < 1.29 is 9.18 Å². The van der Waals surface area contributed by atoms with Gasteiger partial charge in [0, 0.05) is 26.3 Å². The Kier molecular flexibility index (Phi) is 6.57. The molecule has 26 heavy (non-hydrogen) atoms. The maximum Gasteiger partial charge on any atom is 0.221 e. The molecule has 0 N–H and O–H groups in total. The minimum Gasteiger partial charge on any atom is -0.333 e. The summed E-state index contributed by atoms with van der Waals surface area (Å²) in [5.74, 6) is 0.597. The van der Waals surface area contributed by atoms with Crippen molar-refractivity contribution in [2.24, 2.45) is 4.99 Å². The Balaban J connectivity index is 1.70. The van der Waals surface area contributed by atoms with Crippen LogP contribution in [-0.2, 0) is 11.3 Å². The fraction of sp³-hybridized carbons (Fsp3) is 0.600. The maximum atomic E-state index is 13.1. The second-order valence-electron chi connectivity index (χ2n) is 7.23. The van der Waals surface area contributed by atoms with Crippen LogP contribution in [0, 0.1) is 5.82 Å². The zero-order valence-corrected chi connectivity index (χ0v) is 16.5. The van der Waals surface area contributed by atoms with E-state index in [-0.39, 0.29) is 17.9 Å². The normalized spacial score (nSPS) is 23.3. The number of carbonyl (C=O) groups excluding carboxylic acids is 1. The van der Waals surface area contributed by atoms with Crippen LogP contribution in [0.5, 0.6) is 0 Å². The first-order chi connectivity index (χ1) is 12.5. The van der Waals surface area contributed by atoms with Crippen LogP contribution in [0.2, 0.25) is 0 Å². The van der Waals surface area contributed by atoms with Crippen molar-refractivity contribution in [1.29, 1.82) is 0 Å². The standard InChI is InChI=1S/C20H28FN3OS/c1-15(25)24(13-16-9-11-17(21)12-10-16)19-14-26-20(23(19)2)22-18-7-5-3-4-6-8-18/h9-12,18-19H,3-8,13-14H2,1-2H3. The summed E-state index contributed by atoms with van der Waals surface area (Å²) in [5.41, 5.74) is 0.939. The van der Waals surface area contributed by atoms with E-state index in [0.717, 1.165) is 16.5 Å². The average Bonchev–Trinajstić information content (AvgIpc) is 2.82. The van der Waals surface area contributed by atoms with Crippen LogP contribution >= 0.6 is 11.8 Å². The number of carbonyl (C=O) groups is 1. The number of nitrogens with zero attached hydrogens (tertiary/aromatic N) is 3. The minimum absolute atomic E-state index is 0.00733. The lowest BCUT2D eigenvalue weighted by Gasteiger charge is -2.33. The number of hydrogen-bond acceptors (Lipinski definition) is 3. The van der Waals surface area contributed by atoms with Crippen molar-refractivity contribution in [3.8, 4) is 0 Å². The lowest BCUT2D eigenvalue weighted by atomic mass is 10.1. The van der Waals surface area contributed by atoms with Crippen LogP contribution in [0.3, 0.4) is 0 Å². The number of benzene rings is 1. The molecule has 2 aliphatic rings. The van der Waals surface area contributed by atoms with Gasteiger partial charge in [0.05, 0.1) is 6.04 Å². The monoisotopic (exact) mass is 377 g/mol. The zero-order chi connectivity index (χ0) is 18.5. The molecule has 1 saturated heterocycles.